The van der Waals surface area contributed by atoms with E-state index < -0.39 is 6.10 Å². The number of methoxy groups -OCH3 is 1. The molecule has 1 aromatic rings. The van der Waals surface area contributed by atoms with Gasteiger partial charge in [-0.15, -0.1) is 0 Å². The highest BCUT2D eigenvalue weighted by Crippen LogP contribution is 2.24. The van der Waals surface area contributed by atoms with Crippen molar-refractivity contribution >= 4 is 0 Å². The highest BCUT2D eigenvalue weighted by molar-refractivity contribution is 5.35. The Balaban J connectivity index is 2.44. The van der Waals surface area contributed by atoms with E-state index in [-0.39, 0.29) is 11.6 Å². The maximum absolute atomic E-state index is 9.92. The lowest BCUT2D eigenvalue weighted by Gasteiger charge is -2.23. The standard InChI is InChI=1S/C16H27NO3/c1-12(14-8-6-7-9-15(14)19-5)17-10-13(18)11-20-16(2,3)4/h6-9,12-13,17-18H,10-11H2,1-5H3/t12-,13?/m1/s1. The summed E-state index contributed by atoms with van der Waals surface area (Å²) >= 11 is 0. The largest absolute Gasteiger partial charge is 0.496 e. The average molecular weight is 281 g/mol. The second-order valence-electron chi connectivity index (χ2n) is 5.95. The number of hydrogen-bond acceptors (Lipinski definition) is 4. The van der Waals surface area contributed by atoms with Crippen LogP contribution in [0.15, 0.2) is 24.3 Å². The van der Waals surface area contributed by atoms with Crippen LogP contribution in [-0.4, -0.2) is 37.1 Å². The topological polar surface area (TPSA) is 50.7 Å². The number of rotatable bonds is 7. The molecule has 0 bridgehead atoms. The van der Waals surface area contributed by atoms with Gasteiger partial charge >= 0.3 is 0 Å². The van der Waals surface area contributed by atoms with Gasteiger partial charge in [0, 0.05) is 18.2 Å². The fraction of sp³-hybridized carbons (Fsp3) is 0.625. The number of nitrogens with one attached hydrogen (secondary N) is 1. The van der Waals surface area contributed by atoms with Gasteiger partial charge in [-0.1, -0.05) is 18.2 Å². The molecule has 0 aromatic heterocycles. The van der Waals surface area contributed by atoms with Crippen LogP contribution in [-0.2, 0) is 4.74 Å². The Hall–Kier alpha value is -1.10. The van der Waals surface area contributed by atoms with Crippen LogP contribution in [0.2, 0.25) is 0 Å². The molecular formula is C16H27NO3. The van der Waals surface area contributed by atoms with Crippen molar-refractivity contribution in [2.75, 3.05) is 20.3 Å². The molecule has 114 valence electrons. The lowest BCUT2D eigenvalue weighted by atomic mass is 10.1. The van der Waals surface area contributed by atoms with Crippen molar-refractivity contribution in [3.63, 3.8) is 0 Å². The number of para-hydroxylation sites is 1. The fourth-order valence-electron chi connectivity index (χ4n) is 1.85. The summed E-state index contributed by atoms with van der Waals surface area (Å²) in [5, 5.41) is 13.2. The second kappa shape index (κ2) is 7.62. The van der Waals surface area contributed by atoms with Crippen molar-refractivity contribution in [2.45, 2.75) is 45.4 Å². The molecule has 2 N–H and O–H groups in total. The van der Waals surface area contributed by atoms with Gasteiger partial charge in [-0.25, -0.2) is 0 Å². The molecule has 4 nitrogen and oxygen atoms in total. The normalized spacial score (nSPS) is 14.9. The van der Waals surface area contributed by atoms with Gasteiger partial charge < -0.3 is 19.9 Å². The van der Waals surface area contributed by atoms with E-state index in [1.165, 1.54) is 0 Å². The minimum absolute atomic E-state index is 0.107. The van der Waals surface area contributed by atoms with E-state index in [0.717, 1.165) is 11.3 Å². The Bertz CT molecular complexity index is 401. The van der Waals surface area contributed by atoms with Crippen LogP contribution in [0.25, 0.3) is 0 Å². The minimum atomic E-state index is -0.522. The molecule has 0 heterocycles. The summed E-state index contributed by atoms with van der Waals surface area (Å²) in [4.78, 5) is 0. The van der Waals surface area contributed by atoms with Crippen LogP contribution in [0.1, 0.15) is 39.3 Å². The average Bonchev–Trinajstić information content (AvgIpc) is 2.41. The van der Waals surface area contributed by atoms with Crippen molar-refractivity contribution < 1.29 is 14.6 Å². The van der Waals surface area contributed by atoms with E-state index in [0.29, 0.717) is 13.2 Å². The molecule has 0 amide bonds. The first kappa shape index (κ1) is 17.0. The van der Waals surface area contributed by atoms with Crippen LogP contribution < -0.4 is 10.1 Å². The molecule has 1 aromatic carbocycles. The van der Waals surface area contributed by atoms with E-state index in [4.69, 9.17) is 9.47 Å². The molecule has 20 heavy (non-hydrogen) atoms. The molecule has 0 aliphatic heterocycles. The first-order valence-electron chi connectivity index (χ1n) is 7.02. The number of ether oxygens (including phenoxy) is 2. The van der Waals surface area contributed by atoms with Crippen molar-refractivity contribution in [3.05, 3.63) is 29.8 Å². The van der Waals surface area contributed by atoms with Crippen LogP contribution in [0, 0.1) is 0 Å². The molecule has 0 aliphatic carbocycles. The molecule has 0 radical (unpaired) electrons. The van der Waals surface area contributed by atoms with Crippen molar-refractivity contribution in [2.24, 2.45) is 0 Å². The molecule has 2 atom stereocenters. The van der Waals surface area contributed by atoms with Crippen LogP contribution in [0.4, 0.5) is 0 Å². The lowest BCUT2D eigenvalue weighted by Crippen LogP contribution is -2.34. The Labute approximate surface area is 122 Å². The van der Waals surface area contributed by atoms with Gasteiger partial charge in [-0.05, 0) is 33.8 Å². The molecule has 0 saturated carbocycles. The summed E-state index contributed by atoms with van der Waals surface area (Å²) < 4.78 is 10.9. The fourth-order valence-corrected chi connectivity index (χ4v) is 1.85. The third kappa shape index (κ3) is 5.90. The predicted octanol–water partition coefficient (Wildman–Crippen LogP) is 2.52. The Morgan fingerprint density at radius 1 is 1.25 bits per heavy atom. The van der Waals surface area contributed by atoms with Crippen molar-refractivity contribution in [1.82, 2.24) is 5.32 Å². The van der Waals surface area contributed by atoms with E-state index >= 15 is 0 Å². The van der Waals surface area contributed by atoms with Gasteiger partial charge in [0.15, 0.2) is 0 Å². The number of hydrogen-bond donors (Lipinski definition) is 2. The van der Waals surface area contributed by atoms with Crippen LogP contribution >= 0.6 is 0 Å². The summed E-state index contributed by atoms with van der Waals surface area (Å²) in [5.41, 5.74) is 0.855. The third-order valence-electron chi connectivity index (χ3n) is 2.97. The summed E-state index contributed by atoms with van der Waals surface area (Å²) in [7, 11) is 1.66. The number of aliphatic hydroxyl groups excluding tert-OH is 1. The van der Waals surface area contributed by atoms with E-state index in [2.05, 4.69) is 12.2 Å². The van der Waals surface area contributed by atoms with Gasteiger partial charge in [-0.3, -0.25) is 0 Å². The van der Waals surface area contributed by atoms with Crippen LogP contribution in [0.3, 0.4) is 0 Å². The first-order valence-corrected chi connectivity index (χ1v) is 7.02. The summed E-state index contributed by atoms with van der Waals surface area (Å²) in [6.07, 6.45) is -0.522. The molecule has 1 unspecified atom stereocenters. The second-order valence-corrected chi connectivity index (χ2v) is 5.95. The van der Waals surface area contributed by atoms with Crippen molar-refractivity contribution in [3.8, 4) is 5.75 Å². The molecule has 0 saturated heterocycles. The smallest absolute Gasteiger partial charge is 0.123 e. The van der Waals surface area contributed by atoms with Gasteiger partial charge in [0.1, 0.15) is 5.75 Å². The van der Waals surface area contributed by atoms with Gasteiger partial charge in [0.2, 0.25) is 0 Å². The summed E-state index contributed by atoms with van der Waals surface area (Å²) in [6.45, 7) is 8.79. The van der Waals surface area contributed by atoms with Crippen LogP contribution in [0.5, 0.6) is 5.75 Å². The summed E-state index contributed by atoms with van der Waals surface area (Å²) in [5.74, 6) is 0.855. The van der Waals surface area contributed by atoms with Gasteiger partial charge in [0.05, 0.1) is 25.4 Å². The molecule has 0 fully saturated rings. The lowest BCUT2D eigenvalue weighted by molar-refractivity contribution is -0.0483. The van der Waals surface area contributed by atoms with Crippen molar-refractivity contribution in [1.29, 1.82) is 0 Å². The molecular weight excluding hydrogens is 254 g/mol. The zero-order valence-corrected chi connectivity index (χ0v) is 13.1. The zero-order valence-electron chi connectivity index (χ0n) is 13.1. The molecule has 4 heteroatoms. The number of aliphatic hydroxyl groups is 1. The van der Waals surface area contributed by atoms with Gasteiger partial charge in [-0.2, -0.15) is 0 Å². The molecule has 1 rings (SSSR count). The number of benzene rings is 1. The first-order chi connectivity index (χ1) is 9.33. The third-order valence-corrected chi connectivity index (χ3v) is 2.97. The van der Waals surface area contributed by atoms with E-state index in [1.807, 2.05) is 45.0 Å². The predicted molar refractivity (Wildman–Crippen MR) is 81.1 cm³/mol. The van der Waals surface area contributed by atoms with E-state index in [9.17, 15) is 5.11 Å². The maximum Gasteiger partial charge on any atom is 0.123 e. The Kier molecular flexibility index (Phi) is 6.46. The molecule has 0 spiro atoms. The monoisotopic (exact) mass is 281 g/mol. The zero-order chi connectivity index (χ0) is 15.2. The summed E-state index contributed by atoms with van der Waals surface area (Å²) in [6, 6.07) is 7.99. The maximum atomic E-state index is 9.92. The minimum Gasteiger partial charge on any atom is -0.496 e. The SMILES string of the molecule is COc1ccccc1[C@@H](C)NCC(O)COC(C)(C)C. The Morgan fingerprint density at radius 2 is 1.90 bits per heavy atom. The highest BCUT2D eigenvalue weighted by atomic mass is 16.5. The molecule has 0 aliphatic rings. The van der Waals surface area contributed by atoms with Gasteiger partial charge in [0.25, 0.3) is 0 Å². The highest BCUT2D eigenvalue weighted by Gasteiger charge is 2.15. The van der Waals surface area contributed by atoms with E-state index in [1.54, 1.807) is 7.11 Å². The quantitative estimate of drug-likeness (QED) is 0.806. The Morgan fingerprint density at radius 3 is 2.50 bits per heavy atom.